The van der Waals surface area contributed by atoms with Crippen LogP contribution in [0.5, 0.6) is 5.75 Å². The van der Waals surface area contributed by atoms with Gasteiger partial charge in [-0.15, -0.1) is 11.3 Å². The molecule has 1 aromatic carbocycles. The lowest BCUT2D eigenvalue weighted by Crippen LogP contribution is -2.08. The molecule has 2 heterocycles. The summed E-state index contributed by atoms with van der Waals surface area (Å²) in [5, 5.41) is 13.4. The predicted octanol–water partition coefficient (Wildman–Crippen LogP) is 3.81. The lowest BCUT2D eigenvalue weighted by molar-refractivity contribution is 0.146. The molecular weight excluding hydrogens is 374 g/mol. The summed E-state index contributed by atoms with van der Waals surface area (Å²) in [5.41, 5.74) is 3.45. The lowest BCUT2D eigenvalue weighted by atomic mass is 10.0. The predicted molar refractivity (Wildman–Crippen MR) is 115 cm³/mol. The first-order valence-corrected chi connectivity index (χ1v) is 9.61. The van der Waals surface area contributed by atoms with Crippen LogP contribution in [0, 0.1) is 12.3 Å². The zero-order valence-electron chi connectivity index (χ0n) is 16.1. The number of methoxy groups -OCH3 is 1. The van der Waals surface area contributed by atoms with Crippen molar-refractivity contribution in [3.63, 3.8) is 0 Å². The minimum Gasteiger partial charge on any atom is -0.491 e. The van der Waals surface area contributed by atoms with Crippen molar-refractivity contribution in [1.29, 1.82) is 5.41 Å². The van der Waals surface area contributed by atoms with E-state index in [-0.39, 0.29) is 0 Å². The fraction of sp³-hybridized carbons (Fsp3) is 0.250. The average Bonchev–Trinajstić information content (AvgIpc) is 3.03. The number of hydrogen-bond donors (Lipinski definition) is 3. The summed E-state index contributed by atoms with van der Waals surface area (Å²) in [6.45, 7) is 3.08. The highest BCUT2D eigenvalue weighted by molar-refractivity contribution is 7.19. The van der Waals surface area contributed by atoms with Gasteiger partial charge < -0.3 is 25.5 Å². The van der Waals surface area contributed by atoms with E-state index in [2.05, 4.69) is 22.5 Å². The van der Waals surface area contributed by atoms with Gasteiger partial charge in [-0.05, 0) is 13.0 Å². The molecule has 8 heteroatoms. The van der Waals surface area contributed by atoms with Crippen LogP contribution in [-0.4, -0.2) is 43.6 Å². The van der Waals surface area contributed by atoms with Crippen LogP contribution < -0.4 is 15.4 Å². The number of aromatic nitrogens is 2. The van der Waals surface area contributed by atoms with E-state index < -0.39 is 0 Å². The lowest BCUT2D eigenvalue weighted by Gasteiger charge is -2.12. The van der Waals surface area contributed by atoms with Crippen LogP contribution in [0.1, 0.15) is 4.88 Å². The third-order valence-electron chi connectivity index (χ3n) is 4.02. The summed E-state index contributed by atoms with van der Waals surface area (Å²) in [6.07, 6.45) is 4.70. The zero-order valence-corrected chi connectivity index (χ0v) is 16.9. The van der Waals surface area contributed by atoms with E-state index in [0.29, 0.717) is 24.9 Å². The minimum atomic E-state index is 0.439. The summed E-state index contributed by atoms with van der Waals surface area (Å²) in [7, 11) is 3.43. The third kappa shape index (κ3) is 4.29. The molecule has 7 nitrogen and oxygen atoms in total. The molecule has 3 rings (SSSR count). The summed E-state index contributed by atoms with van der Waals surface area (Å²) in [6, 6.07) is 7.94. The van der Waals surface area contributed by atoms with Gasteiger partial charge in [0.2, 0.25) is 5.95 Å². The summed E-state index contributed by atoms with van der Waals surface area (Å²) >= 11 is 1.65. The topological polar surface area (TPSA) is 92.2 Å². The first-order chi connectivity index (χ1) is 13.7. The number of ether oxygens (including phenoxy) is 2. The molecule has 0 radical (unpaired) electrons. The quantitative estimate of drug-likeness (QED) is 0.376. The number of nitrogens with zero attached hydrogens (tertiary/aromatic N) is 2. The molecule has 0 aliphatic rings. The number of aryl methyl sites for hydroxylation is 1. The first-order valence-electron chi connectivity index (χ1n) is 8.80. The maximum absolute atomic E-state index is 7.49. The van der Waals surface area contributed by atoms with Crippen LogP contribution in [0.25, 0.3) is 21.3 Å². The van der Waals surface area contributed by atoms with E-state index in [0.717, 1.165) is 32.0 Å². The summed E-state index contributed by atoms with van der Waals surface area (Å²) in [5.74, 6) is 1.24. The highest BCUT2D eigenvalue weighted by atomic mass is 32.1. The Morgan fingerprint density at radius 1 is 1.29 bits per heavy atom. The van der Waals surface area contributed by atoms with Crippen molar-refractivity contribution in [2.45, 2.75) is 6.92 Å². The standard InChI is InChI=1S/C20H23N5O2S/c1-13-18(15-6-4-5-7-16(15)27-9-8-26-3)19-17(28-13)12-23-20(25-19)24-14(10-21)11-22-2/h4-7,10-12,21-22H,8-9H2,1-3H3,(H,23,24,25)/b14-11+,21-10?. The molecule has 0 aliphatic carbocycles. The Morgan fingerprint density at radius 3 is 2.86 bits per heavy atom. The molecule has 2 aromatic heterocycles. The second-order valence-corrected chi connectivity index (χ2v) is 7.19. The number of anilines is 1. The van der Waals surface area contributed by atoms with Gasteiger partial charge in [0, 0.05) is 42.6 Å². The van der Waals surface area contributed by atoms with Gasteiger partial charge in [0.25, 0.3) is 0 Å². The van der Waals surface area contributed by atoms with E-state index in [1.54, 1.807) is 37.9 Å². The van der Waals surface area contributed by atoms with E-state index in [9.17, 15) is 0 Å². The Morgan fingerprint density at radius 2 is 2.11 bits per heavy atom. The number of hydrogen-bond acceptors (Lipinski definition) is 8. The maximum atomic E-state index is 7.49. The average molecular weight is 398 g/mol. The molecule has 0 fully saturated rings. The number of fused-ring (bicyclic) bond motifs is 1. The Hall–Kier alpha value is -2.97. The number of thiophene rings is 1. The van der Waals surface area contributed by atoms with Crippen LogP contribution in [0.2, 0.25) is 0 Å². The second kappa shape index (κ2) is 9.29. The summed E-state index contributed by atoms with van der Waals surface area (Å²) in [4.78, 5) is 10.2. The number of nitrogens with one attached hydrogen (secondary N) is 3. The van der Waals surface area contributed by atoms with Gasteiger partial charge in [0.15, 0.2) is 0 Å². The highest BCUT2D eigenvalue weighted by Crippen LogP contribution is 2.41. The highest BCUT2D eigenvalue weighted by Gasteiger charge is 2.17. The van der Waals surface area contributed by atoms with Crippen LogP contribution in [-0.2, 0) is 4.74 Å². The van der Waals surface area contributed by atoms with Gasteiger partial charge in [-0.2, -0.15) is 0 Å². The molecular formula is C20H23N5O2S. The van der Waals surface area contributed by atoms with Gasteiger partial charge in [-0.3, -0.25) is 0 Å². The Bertz CT molecular complexity index is 999. The second-order valence-electron chi connectivity index (χ2n) is 5.93. The summed E-state index contributed by atoms with van der Waals surface area (Å²) < 4.78 is 12.0. The van der Waals surface area contributed by atoms with Crippen molar-refractivity contribution in [2.24, 2.45) is 0 Å². The van der Waals surface area contributed by atoms with E-state index in [1.165, 1.54) is 6.21 Å². The molecule has 28 heavy (non-hydrogen) atoms. The third-order valence-corrected chi connectivity index (χ3v) is 5.05. The molecule has 0 saturated heterocycles. The SMILES string of the molecule is CN/C=C(\C=N)Nc1ncc2sc(C)c(-c3ccccc3OCCOC)c2n1. The molecule has 0 amide bonds. The molecule has 3 aromatic rings. The fourth-order valence-electron chi connectivity index (χ4n) is 2.82. The molecule has 0 unspecified atom stereocenters. The van der Waals surface area contributed by atoms with Crippen molar-refractivity contribution in [3.8, 4) is 16.9 Å². The number of allylic oxidation sites excluding steroid dienone is 1. The van der Waals surface area contributed by atoms with E-state index in [4.69, 9.17) is 19.9 Å². The van der Waals surface area contributed by atoms with E-state index in [1.807, 2.05) is 24.3 Å². The zero-order chi connectivity index (χ0) is 19.9. The smallest absolute Gasteiger partial charge is 0.227 e. The Balaban J connectivity index is 2.04. The van der Waals surface area contributed by atoms with Gasteiger partial charge in [-0.25, -0.2) is 9.97 Å². The van der Waals surface area contributed by atoms with E-state index >= 15 is 0 Å². The molecule has 0 aliphatic heterocycles. The van der Waals surface area contributed by atoms with Gasteiger partial charge >= 0.3 is 0 Å². The molecule has 0 atom stereocenters. The maximum Gasteiger partial charge on any atom is 0.227 e. The van der Waals surface area contributed by atoms with Crippen LogP contribution in [0.3, 0.4) is 0 Å². The number of para-hydroxylation sites is 1. The monoisotopic (exact) mass is 397 g/mol. The molecule has 0 saturated carbocycles. The Labute approximate surface area is 167 Å². The van der Waals surface area contributed by atoms with Gasteiger partial charge in [0.1, 0.15) is 12.4 Å². The first kappa shape index (κ1) is 19.8. The molecule has 146 valence electrons. The van der Waals surface area contributed by atoms with Crippen molar-refractivity contribution >= 4 is 33.7 Å². The van der Waals surface area contributed by atoms with Crippen molar-refractivity contribution < 1.29 is 9.47 Å². The fourth-order valence-corrected chi connectivity index (χ4v) is 3.81. The van der Waals surface area contributed by atoms with Gasteiger partial charge in [0.05, 0.1) is 28.7 Å². The number of rotatable bonds is 9. The van der Waals surface area contributed by atoms with Crippen molar-refractivity contribution in [2.75, 3.05) is 32.7 Å². The van der Waals surface area contributed by atoms with Crippen LogP contribution in [0.4, 0.5) is 5.95 Å². The van der Waals surface area contributed by atoms with Gasteiger partial charge in [-0.1, -0.05) is 18.2 Å². The van der Waals surface area contributed by atoms with Crippen LogP contribution in [0.15, 0.2) is 42.4 Å². The number of benzene rings is 1. The molecule has 3 N–H and O–H groups in total. The van der Waals surface area contributed by atoms with Crippen molar-refractivity contribution in [1.82, 2.24) is 15.3 Å². The Kier molecular flexibility index (Phi) is 6.57. The molecule has 0 bridgehead atoms. The normalized spacial score (nSPS) is 11.5. The minimum absolute atomic E-state index is 0.439. The largest absolute Gasteiger partial charge is 0.491 e. The molecule has 0 spiro atoms. The van der Waals surface area contributed by atoms with Crippen molar-refractivity contribution in [3.05, 3.63) is 47.2 Å². The van der Waals surface area contributed by atoms with Crippen LogP contribution >= 0.6 is 11.3 Å².